The lowest BCUT2D eigenvalue weighted by molar-refractivity contribution is 0.257. The highest BCUT2D eigenvalue weighted by atomic mass is 16.2. The summed E-state index contributed by atoms with van der Waals surface area (Å²) in [4.78, 5) is 18.6. The molecule has 1 aromatic heterocycles. The fourth-order valence-corrected chi connectivity index (χ4v) is 3.13. The molecule has 3 aromatic rings. The zero-order valence-corrected chi connectivity index (χ0v) is 13.4. The van der Waals surface area contributed by atoms with Crippen molar-refractivity contribution < 1.29 is 4.79 Å². The van der Waals surface area contributed by atoms with E-state index in [2.05, 4.69) is 16.4 Å². The number of imidazole rings is 1. The topological polar surface area (TPSA) is 50.2 Å². The van der Waals surface area contributed by atoms with Crippen LogP contribution >= 0.6 is 0 Å². The number of hydrogen-bond acceptors (Lipinski definition) is 2. The smallest absolute Gasteiger partial charge is 0.326 e. The molecule has 0 spiro atoms. The van der Waals surface area contributed by atoms with Crippen LogP contribution in [0.2, 0.25) is 0 Å². The Labute approximate surface area is 140 Å². The average Bonchev–Trinajstić information content (AvgIpc) is 3.21. The van der Waals surface area contributed by atoms with Gasteiger partial charge in [-0.05, 0) is 30.2 Å². The third-order valence-electron chi connectivity index (χ3n) is 4.36. The molecule has 0 fully saturated rings. The van der Waals surface area contributed by atoms with Gasteiger partial charge in [0, 0.05) is 30.5 Å². The number of nitrogens with one attached hydrogen (secondary N) is 1. The van der Waals surface area contributed by atoms with Gasteiger partial charge in [-0.1, -0.05) is 30.3 Å². The molecule has 0 saturated heterocycles. The van der Waals surface area contributed by atoms with Gasteiger partial charge in [0.05, 0.1) is 18.2 Å². The van der Waals surface area contributed by atoms with E-state index in [9.17, 15) is 4.79 Å². The van der Waals surface area contributed by atoms with Crippen LogP contribution in [-0.4, -0.2) is 22.1 Å². The standard InChI is InChI=1S/C19H18N4O/c1-22-13-20-12-18(22)15-6-4-7-16(11-15)21-19(24)23-10-9-14-5-2-3-8-17(14)23/h2-8,11-13H,9-10H2,1H3,(H,21,24). The van der Waals surface area contributed by atoms with Crippen LogP contribution in [0, 0.1) is 0 Å². The van der Waals surface area contributed by atoms with Crippen molar-refractivity contribution in [1.82, 2.24) is 9.55 Å². The predicted octanol–water partition coefficient (Wildman–Crippen LogP) is 3.68. The molecular weight excluding hydrogens is 300 g/mol. The number of anilines is 2. The molecule has 5 heteroatoms. The largest absolute Gasteiger partial charge is 0.334 e. The van der Waals surface area contributed by atoms with Gasteiger partial charge in [-0.25, -0.2) is 9.78 Å². The average molecular weight is 318 g/mol. The van der Waals surface area contributed by atoms with E-state index in [0.717, 1.165) is 29.1 Å². The number of urea groups is 1. The highest BCUT2D eigenvalue weighted by molar-refractivity contribution is 6.03. The minimum absolute atomic E-state index is 0.0953. The second kappa shape index (κ2) is 5.85. The highest BCUT2D eigenvalue weighted by Gasteiger charge is 2.24. The Morgan fingerprint density at radius 3 is 2.88 bits per heavy atom. The monoisotopic (exact) mass is 318 g/mol. The third-order valence-corrected chi connectivity index (χ3v) is 4.36. The van der Waals surface area contributed by atoms with Crippen molar-refractivity contribution in [3.05, 3.63) is 66.6 Å². The maximum Gasteiger partial charge on any atom is 0.326 e. The minimum atomic E-state index is -0.0953. The first-order valence-corrected chi connectivity index (χ1v) is 7.95. The van der Waals surface area contributed by atoms with Crippen LogP contribution in [0.25, 0.3) is 11.3 Å². The Morgan fingerprint density at radius 1 is 1.17 bits per heavy atom. The van der Waals surface area contributed by atoms with Crippen LogP contribution in [0.3, 0.4) is 0 Å². The summed E-state index contributed by atoms with van der Waals surface area (Å²) in [6, 6.07) is 15.8. The van der Waals surface area contributed by atoms with Crippen molar-refractivity contribution in [1.29, 1.82) is 0 Å². The molecule has 24 heavy (non-hydrogen) atoms. The van der Waals surface area contributed by atoms with Gasteiger partial charge in [-0.15, -0.1) is 0 Å². The number of aryl methyl sites for hydroxylation is 1. The van der Waals surface area contributed by atoms with Crippen LogP contribution in [-0.2, 0) is 13.5 Å². The summed E-state index contributed by atoms with van der Waals surface area (Å²) < 4.78 is 1.96. The lowest BCUT2D eigenvalue weighted by Crippen LogP contribution is -2.33. The SMILES string of the molecule is Cn1cncc1-c1cccc(NC(=O)N2CCc3ccccc32)c1. The first-order chi connectivity index (χ1) is 11.7. The molecule has 4 rings (SSSR count). The van der Waals surface area contributed by atoms with Gasteiger partial charge in [0.15, 0.2) is 0 Å². The maximum absolute atomic E-state index is 12.6. The summed E-state index contributed by atoms with van der Waals surface area (Å²) in [6.07, 6.45) is 4.48. The molecule has 0 bridgehead atoms. The van der Waals surface area contributed by atoms with Crippen molar-refractivity contribution >= 4 is 17.4 Å². The van der Waals surface area contributed by atoms with Gasteiger partial charge in [0.1, 0.15) is 0 Å². The molecule has 2 aromatic carbocycles. The van der Waals surface area contributed by atoms with Crippen molar-refractivity contribution in [2.75, 3.05) is 16.8 Å². The first kappa shape index (κ1) is 14.5. The van der Waals surface area contributed by atoms with E-state index in [-0.39, 0.29) is 6.03 Å². The fraction of sp³-hybridized carbons (Fsp3) is 0.158. The van der Waals surface area contributed by atoms with E-state index in [1.807, 2.05) is 60.3 Å². The second-order valence-corrected chi connectivity index (χ2v) is 5.93. The Bertz CT molecular complexity index is 900. The van der Waals surface area contributed by atoms with Gasteiger partial charge < -0.3 is 9.88 Å². The zero-order chi connectivity index (χ0) is 16.5. The molecule has 0 saturated carbocycles. The van der Waals surface area contributed by atoms with E-state index >= 15 is 0 Å². The number of carbonyl (C=O) groups is 1. The van der Waals surface area contributed by atoms with E-state index in [1.165, 1.54) is 5.56 Å². The van der Waals surface area contributed by atoms with E-state index in [1.54, 1.807) is 11.2 Å². The Morgan fingerprint density at radius 2 is 2.04 bits per heavy atom. The number of aromatic nitrogens is 2. The molecule has 120 valence electrons. The van der Waals surface area contributed by atoms with Crippen LogP contribution in [0.5, 0.6) is 0 Å². The molecule has 1 aliphatic heterocycles. The van der Waals surface area contributed by atoms with Crippen molar-refractivity contribution in [2.24, 2.45) is 7.05 Å². The fourth-order valence-electron chi connectivity index (χ4n) is 3.13. The summed E-state index contributed by atoms with van der Waals surface area (Å²) >= 11 is 0. The molecule has 0 radical (unpaired) electrons. The minimum Gasteiger partial charge on any atom is -0.334 e. The Balaban J connectivity index is 1.56. The highest BCUT2D eigenvalue weighted by Crippen LogP contribution is 2.28. The maximum atomic E-state index is 12.6. The number of para-hydroxylation sites is 1. The van der Waals surface area contributed by atoms with Crippen molar-refractivity contribution in [3.8, 4) is 11.3 Å². The lowest BCUT2D eigenvalue weighted by Gasteiger charge is -2.18. The number of benzene rings is 2. The Hall–Kier alpha value is -3.08. The predicted molar refractivity (Wildman–Crippen MR) is 95.2 cm³/mol. The molecule has 5 nitrogen and oxygen atoms in total. The van der Waals surface area contributed by atoms with Gasteiger partial charge >= 0.3 is 6.03 Å². The van der Waals surface area contributed by atoms with Gasteiger partial charge in [-0.3, -0.25) is 4.90 Å². The summed E-state index contributed by atoms with van der Waals surface area (Å²) in [5, 5.41) is 3.00. The molecule has 1 aliphatic rings. The molecule has 0 aliphatic carbocycles. The van der Waals surface area contributed by atoms with Crippen LogP contribution in [0.1, 0.15) is 5.56 Å². The van der Waals surface area contributed by atoms with E-state index < -0.39 is 0 Å². The summed E-state index contributed by atoms with van der Waals surface area (Å²) in [6.45, 7) is 0.715. The molecular formula is C19H18N4O. The first-order valence-electron chi connectivity index (χ1n) is 7.95. The number of amides is 2. The summed E-state index contributed by atoms with van der Waals surface area (Å²) in [5.74, 6) is 0. The number of nitrogens with zero attached hydrogens (tertiary/aromatic N) is 3. The summed E-state index contributed by atoms with van der Waals surface area (Å²) in [7, 11) is 1.95. The van der Waals surface area contributed by atoms with Gasteiger partial charge in [0.25, 0.3) is 0 Å². The molecule has 2 heterocycles. The third kappa shape index (κ3) is 2.54. The molecule has 2 amide bonds. The lowest BCUT2D eigenvalue weighted by atomic mass is 10.1. The van der Waals surface area contributed by atoms with E-state index in [0.29, 0.717) is 6.54 Å². The van der Waals surface area contributed by atoms with Crippen molar-refractivity contribution in [2.45, 2.75) is 6.42 Å². The van der Waals surface area contributed by atoms with Crippen LogP contribution < -0.4 is 10.2 Å². The molecule has 0 atom stereocenters. The number of hydrogen-bond donors (Lipinski definition) is 1. The van der Waals surface area contributed by atoms with Gasteiger partial charge in [-0.2, -0.15) is 0 Å². The van der Waals surface area contributed by atoms with Gasteiger partial charge in [0.2, 0.25) is 0 Å². The number of rotatable bonds is 2. The summed E-state index contributed by atoms with van der Waals surface area (Å²) in [5.41, 5.74) is 5.03. The number of fused-ring (bicyclic) bond motifs is 1. The van der Waals surface area contributed by atoms with Crippen molar-refractivity contribution in [3.63, 3.8) is 0 Å². The molecule has 1 N–H and O–H groups in total. The van der Waals surface area contributed by atoms with Crippen LogP contribution in [0.4, 0.5) is 16.2 Å². The van der Waals surface area contributed by atoms with Crippen LogP contribution in [0.15, 0.2) is 61.1 Å². The molecule has 0 unspecified atom stereocenters. The number of carbonyl (C=O) groups excluding carboxylic acids is 1. The van der Waals surface area contributed by atoms with E-state index in [4.69, 9.17) is 0 Å². The second-order valence-electron chi connectivity index (χ2n) is 5.93. The Kier molecular flexibility index (Phi) is 3.54. The quantitative estimate of drug-likeness (QED) is 0.783. The normalized spacial score (nSPS) is 13.0. The zero-order valence-electron chi connectivity index (χ0n) is 13.4.